The minimum absolute atomic E-state index is 0.0686. The first-order valence-electron chi connectivity index (χ1n) is 4.32. The molecule has 0 aromatic rings. The first-order valence-corrected chi connectivity index (χ1v) is 4.96. The Morgan fingerprint density at radius 1 is 1.50 bits per heavy atom. The van der Waals surface area contributed by atoms with Crippen molar-refractivity contribution < 1.29 is 4.79 Å². The van der Waals surface area contributed by atoms with Gasteiger partial charge in [-0.1, -0.05) is 6.42 Å². The van der Waals surface area contributed by atoms with E-state index in [0.717, 1.165) is 31.6 Å². The molecule has 0 aromatic heterocycles. The minimum Gasteiger partial charge on any atom is -0.355 e. The maximum atomic E-state index is 10.9. The van der Waals surface area contributed by atoms with Gasteiger partial charge in [-0.15, -0.1) is 0 Å². The van der Waals surface area contributed by atoms with Crippen molar-refractivity contribution in [2.75, 3.05) is 12.3 Å². The summed E-state index contributed by atoms with van der Waals surface area (Å²) in [4.78, 5) is 10.9. The zero-order valence-electron chi connectivity index (χ0n) is 7.55. The van der Waals surface area contributed by atoms with Gasteiger partial charge >= 0.3 is 0 Å². The number of amides is 1. The second-order valence-corrected chi connectivity index (χ2v) is 3.31. The van der Waals surface area contributed by atoms with Gasteiger partial charge in [0.1, 0.15) is 0 Å². The van der Waals surface area contributed by atoms with Crippen LogP contribution >= 0.6 is 12.6 Å². The Morgan fingerprint density at radius 2 is 2.17 bits per heavy atom. The summed E-state index contributed by atoms with van der Waals surface area (Å²) in [6, 6.07) is -0.394. The number of unbranched alkanes of at least 4 members (excludes halogenated alkanes) is 2. The lowest BCUT2D eigenvalue weighted by molar-refractivity contribution is -0.121. The average Bonchev–Trinajstić information content (AvgIpc) is 2.03. The van der Waals surface area contributed by atoms with Crippen LogP contribution in [-0.4, -0.2) is 24.2 Å². The highest BCUT2D eigenvalue weighted by Crippen LogP contribution is 1.95. The molecule has 0 aliphatic rings. The fourth-order valence-electron chi connectivity index (χ4n) is 0.786. The number of rotatable bonds is 6. The largest absolute Gasteiger partial charge is 0.355 e. The van der Waals surface area contributed by atoms with Crippen molar-refractivity contribution in [1.82, 2.24) is 5.32 Å². The second-order valence-electron chi connectivity index (χ2n) is 2.86. The molecule has 1 atom stereocenters. The maximum Gasteiger partial charge on any atom is 0.236 e. The van der Waals surface area contributed by atoms with E-state index in [0.29, 0.717) is 0 Å². The molecule has 0 heterocycles. The topological polar surface area (TPSA) is 55.1 Å². The van der Waals surface area contributed by atoms with Gasteiger partial charge in [-0.05, 0) is 25.5 Å². The quantitative estimate of drug-likeness (QED) is 0.423. The Kier molecular flexibility index (Phi) is 7.29. The Labute approximate surface area is 79.5 Å². The molecule has 0 radical (unpaired) electrons. The summed E-state index contributed by atoms with van der Waals surface area (Å²) in [6.07, 6.45) is 3.24. The third-order valence-corrected chi connectivity index (χ3v) is 1.86. The molecular formula is C8H18N2OS. The van der Waals surface area contributed by atoms with E-state index >= 15 is 0 Å². The molecule has 1 amide bonds. The molecule has 0 spiro atoms. The van der Waals surface area contributed by atoms with E-state index in [9.17, 15) is 4.79 Å². The summed E-state index contributed by atoms with van der Waals surface area (Å²) in [5.41, 5.74) is 5.35. The van der Waals surface area contributed by atoms with E-state index in [1.807, 2.05) is 0 Å². The maximum absolute atomic E-state index is 10.9. The smallest absolute Gasteiger partial charge is 0.236 e. The monoisotopic (exact) mass is 190 g/mol. The lowest BCUT2D eigenvalue weighted by Crippen LogP contribution is -2.38. The van der Waals surface area contributed by atoms with Gasteiger partial charge in [-0.3, -0.25) is 4.79 Å². The van der Waals surface area contributed by atoms with Crippen LogP contribution in [0.4, 0.5) is 0 Å². The van der Waals surface area contributed by atoms with Crippen LogP contribution in [-0.2, 0) is 4.79 Å². The molecule has 1 unspecified atom stereocenters. The van der Waals surface area contributed by atoms with Crippen LogP contribution in [0.3, 0.4) is 0 Å². The summed E-state index contributed by atoms with van der Waals surface area (Å²) >= 11 is 4.09. The SMILES string of the molecule is CC(N)C(=O)NCCCCCS. The molecule has 0 rings (SSSR count). The predicted octanol–water partition coefficient (Wildman–Crippen LogP) is 0.550. The van der Waals surface area contributed by atoms with E-state index in [1.165, 1.54) is 0 Å². The van der Waals surface area contributed by atoms with Gasteiger partial charge in [0.15, 0.2) is 0 Å². The zero-order valence-corrected chi connectivity index (χ0v) is 8.44. The average molecular weight is 190 g/mol. The van der Waals surface area contributed by atoms with Crippen LogP contribution in [0, 0.1) is 0 Å². The van der Waals surface area contributed by atoms with Crippen LogP contribution in [0.5, 0.6) is 0 Å². The third kappa shape index (κ3) is 6.49. The molecule has 0 aliphatic heterocycles. The van der Waals surface area contributed by atoms with E-state index in [1.54, 1.807) is 6.92 Å². The lowest BCUT2D eigenvalue weighted by atomic mass is 10.2. The van der Waals surface area contributed by atoms with Gasteiger partial charge in [0.25, 0.3) is 0 Å². The molecule has 0 aliphatic carbocycles. The van der Waals surface area contributed by atoms with Crippen molar-refractivity contribution in [2.45, 2.75) is 32.2 Å². The van der Waals surface area contributed by atoms with Crippen LogP contribution in [0.2, 0.25) is 0 Å². The van der Waals surface area contributed by atoms with Crippen molar-refractivity contribution in [3.8, 4) is 0 Å². The summed E-state index contributed by atoms with van der Waals surface area (Å²) in [7, 11) is 0. The number of carbonyl (C=O) groups is 1. The standard InChI is InChI=1S/C8H18N2OS/c1-7(9)8(11)10-5-3-2-4-6-12/h7,12H,2-6,9H2,1H3,(H,10,11). The molecule has 0 bridgehead atoms. The first-order chi connectivity index (χ1) is 5.68. The van der Waals surface area contributed by atoms with Gasteiger partial charge < -0.3 is 11.1 Å². The number of nitrogens with one attached hydrogen (secondary N) is 1. The van der Waals surface area contributed by atoms with E-state index in [-0.39, 0.29) is 5.91 Å². The molecule has 0 saturated carbocycles. The van der Waals surface area contributed by atoms with Gasteiger partial charge in [0, 0.05) is 6.54 Å². The van der Waals surface area contributed by atoms with Crippen molar-refractivity contribution >= 4 is 18.5 Å². The number of carbonyl (C=O) groups excluding carboxylic acids is 1. The zero-order chi connectivity index (χ0) is 9.40. The molecule has 3 N–H and O–H groups in total. The summed E-state index contributed by atoms with van der Waals surface area (Å²) in [5.74, 6) is 0.849. The van der Waals surface area contributed by atoms with Gasteiger partial charge in [-0.2, -0.15) is 12.6 Å². The second kappa shape index (κ2) is 7.43. The molecule has 0 saturated heterocycles. The summed E-state index contributed by atoms with van der Waals surface area (Å²) in [6.45, 7) is 2.41. The normalized spacial score (nSPS) is 12.6. The highest BCUT2D eigenvalue weighted by atomic mass is 32.1. The van der Waals surface area contributed by atoms with Crippen molar-refractivity contribution in [3.63, 3.8) is 0 Å². The van der Waals surface area contributed by atoms with Gasteiger partial charge in [0.2, 0.25) is 5.91 Å². The predicted molar refractivity (Wildman–Crippen MR) is 54.4 cm³/mol. The molecular weight excluding hydrogens is 172 g/mol. The number of hydrogen-bond acceptors (Lipinski definition) is 3. The Morgan fingerprint density at radius 3 is 2.67 bits per heavy atom. The highest BCUT2D eigenvalue weighted by molar-refractivity contribution is 7.80. The fourth-order valence-corrected chi connectivity index (χ4v) is 1.01. The van der Waals surface area contributed by atoms with E-state index in [2.05, 4.69) is 17.9 Å². The summed E-state index contributed by atoms with van der Waals surface area (Å²) in [5, 5.41) is 2.75. The molecule has 0 fully saturated rings. The third-order valence-electron chi connectivity index (χ3n) is 1.55. The van der Waals surface area contributed by atoms with E-state index < -0.39 is 6.04 Å². The van der Waals surface area contributed by atoms with E-state index in [4.69, 9.17) is 5.73 Å². The Balaban J connectivity index is 3.14. The lowest BCUT2D eigenvalue weighted by Gasteiger charge is -2.06. The fraction of sp³-hybridized carbons (Fsp3) is 0.875. The molecule has 4 heteroatoms. The number of hydrogen-bond donors (Lipinski definition) is 3. The van der Waals surface area contributed by atoms with Crippen LogP contribution in [0.1, 0.15) is 26.2 Å². The number of thiol groups is 1. The highest BCUT2D eigenvalue weighted by Gasteiger charge is 2.04. The van der Waals surface area contributed by atoms with Crippen LogP contribution in [0.25, 0.3) is 0 Å². The molecule has 72 valence electrons. The molecule has 12 heavy (non-hydrogen) atoms. The summed E-state index contributed by atoms with van der Waals surface area (Å²) < 4.78 is 0. The van der Waals surface area contributed by atoms with Crippen LogP contribution < -0.4 is 11.1 Å². The van der Waals surface area contributed by atoms with Gasteiger partial charge in [-0.25, -0.2) is 0 Å². The first kappa shape index (κ1) is 11.8. The molecule has 0 aromatic carbocycles. The van der Waals surface area contributed by atoms with Crippen LogP contribution in [0.15, 0.2) is 0 Å². The van der Waals surface area contributed by atoms with Crippen molar-refractivity contribution in [2.24, 2.45) is 5.73 Å². The van der Waals surface area contributed by atoms with Gasteiger partial charge in [0.05, 0.1) is 6.04 Å². The Bertz CT molecular complexity index is 128. The Hall–Kier alpha value is -0.220. The van der Waals surface area contributed by atoms with Crippen molar-refractivity contribution in [3.05, 3.63) is 0 Å². The number of nitrogens with two attached hydrogens (primary N) is 1. The minimum atomic E-state index is -0.394. The van der Waals surface area contributed by atoms with Crippen molar-refractivity contribution in [1.29, 1.82) is 0 Å². The molecule has 3 nitrogen and oxygen atoms in total.